The number of carbonyl (C=O) groups is 1. The van der Waals surface area contributed by atoms with Gasteiger partial charge in [0.2, 0.25) is 0 Å². The van der Waals surface area contributed by atoms with Crippen LogP contribution in [0, 0.1) is 0 Å². The Hall–Kier alpha value is -3.69. The van der Waals surface area contributed by atoms with Gasteiger partial charge in [0.15, 0.2) is 5.82 Å². The van der Waals surface area contributed by atoms with Crippen molar-refractivity contribution in [2.45, 2.75) is 45.3 Å². The van der Waals surface area contributed by atoms with E-state index in [2.05, 4.69) is 20.4 Å². The first kappa shape index (κ1) is 21.5. The van der Waals surface area contributed by atoms with E-state index in [9.17, 15) is 9.90 Å². The van der Waals surface area contributed by atoms with Crippen LogP contribution in [0.2, 0.25) is 0 Å². The molecule has 1 amide bonds. The number of hydrogen-bond donors (Lipinski definition) is 2. The van der Waals surface area contributed by atoms with Crippen molar-refractivity contribution in [3.63, 3.8) is 0 Å². The number of benzene rings is 1. The monoisotopic (exact) mass is 437 g/mol. The lowest BCUT2D eigenvalue weighted by Gasteiger charge is -2.33. The standard InChI is InChI=1S/C22H27N7O3/c1-22(2,3)32-21(31)28-10-8-14(9-11-28)29-24-13-18(27-29)16-12-17(25-26-20(16)23)15-6-4-5-7-19(15)30/h4-7,12-14,30H,8-11H2,1-3H3,(H2,23,26). The van der Waals surface area contributed by atoms with E-state index in [-0.39, 0.29) is 23.7 Å². The first-order valence-electron chi connectivity index (χ1n) is 10.5. The van der Waals surface area contributed by atoms with Crippen LogP contribution in [-0.4, -0.2) is 60.0 Å². The second kappa shape index (κ2) is 8.45. The molecular weight excluding hydrogens is 410 g/mol. The van der Waals surface area contributed by atoms with Gasteiger partial charge in [-0.25, -0.2) is 4.79 Å². The Morgan fingerprint density at radius 3 is 2.53 bits per heavy atom. The van der Waals surface area contributed by atoms with E-state index >= 15 is 0 Å². The van der Waals surface area contributed by atoms with E-state index < -0.39 is 5.60 Å². The molecule has 2 aromatic heterocycles. The highest BCUT2D eigenvalue weighted by atomic mass is 16.6. The van der Waals surface area contributed by atoms with Gasteiger partial charge in [0, 0.05) is 24.2 Å². The highest BCUT2D eigenvalue weighted by Gasteiger charge is 2.28. The number of rotatable bonds is 3. The lowest BCUT2D eigenvalue weighted by Crippen LogP contribution is -2.42. The maximum absolute atomic E-state index is 12.3. The smallest absolute Gasteiger partial charge is 0.410 e. The quantitative estimate of drug-likeness (QED) is 0.638. The van der Waals surface area contributed by atoms with E-state index in [1.54, 1.807) is 40.2 Å². The summed E-state index contributed by atoms with van der Waals surface area (Å²) in [5.74, 6) is 0.342. The molecule has 0 aliphatic carbocycles. The summed E-state index contributed by atoms with van der Waals surface area (Å²) >= 11 is 0. The summed E-state index contributed by atoms with van der Waals surface area (Å²) in [5, 5.41) is 27.3. The number of aromatic nitrogens is 5. The number of para-hydroxylation sites is 1. The largest absolute Gasteiger partial charge is 0.507 e. The van der Waals surface area contributed by atoms with E-state index in [0.717, 1.165) is 12.8 Å². The first-order valence-corrected chi connectivity index (χ1v) is 10.5. The molecule has 1 aliphatic rings. The SMILES string of the molecule is CC(C)(C)OC(=O)N1CCC(n2ncc(-c3cc(-c4ccccc4O)nnc3N)n2)CC1. The summed E-state index contributed by atoms with van der Waals surface area (Å²) in [5.41, 5.74) is 7.76. The molecule has 0 atom stereocenters. The topological polar surface area (TPSA) is 132 Å². The van der Waals surface area contributed by atoms with Crippen LogP contribution in [0.25, 0.3) is 22.5 Å². The van der Waals surface area contributed by atoms with Crippen molar-refractivity contribution < 1.29 is 14.6 Å². The van der Waals surface area contributed by atoms with Gasteiger partial charge in [-0.05, 0) is 51.8 Å². The molecular formula is C22H27N7O3. The fourth-order valence-electron chi connectivity index (χ4n) is 3.61. The normalized spacial score (nSPS) is 15.0. The minimum Gasteiger partial charge on any atom is -0.507 e. The summed E-state index contributed by atoms with van der Waals surface area (Å²) < 4.78 is 5.45. The van der Waals surface area contributed by atoms with Crippen LogP contribution in [-0.2, 0) is 4.74 Å². The fourth-order valence-corrected chi connectivity index (χ4v) is 3.61. The Bertz CT molecular complexity index is 1110. The highest BCUT2D eigenvalue weighted by Crippen LogP contribution is 2.32. The number of piperidine rings is 1. The lowest BCUT2D eigenvalue weighted by atomic mass is 10.1. The Labute approximate surface area is 186 Å². The van der Waals surface area contributed by atoms with Gasteiger partial charge in [-0.2, -0.15) is 15.0 Å². The fraction of sp³-hybridized carbons (Fsp3) is 0.409. The average molecular weight is 438 g/mol. The van der Waals surface area contributed by atoms with E-state index in [1.165, 1.54) is 0 Å². The number of anilines is 1. The minimum absolute atomic E-state index is 0.0658. The molecule has 3 heterocycles. The van der Waals surface area contributed by atoms with Crippen LogP contribution in [0.1, 0.15) is 39.7 Å². The maximum Gasteiger partial charge on any atom is 0.410 e. The van der Waals surface area contributed by atoms with Crippen molar-refractivity contribution in [2.24, 2.45) is 0 Å². The molecule has 0 bridgehead atoms. The zero-order chi connectivity index (χ0) is 22.9. The van der Waals surface area contributed by atoms with Crippen LogP contribution in [0.15, 0.2) is 36.5 Å². The third kappa shape index (κ3) is 4.63. The summed E-state index contributed by atoms with van der Waals surface area (Å²) in [6.07, 6.45) is 2.79. The molecule has 10 nitrogen and oxygen atoms in total. The van der Waals surface area contributed by atoms with Crippen LogP contribution in [0.3, 0.4) is 0 Å². The zero-order valence-electron chi connectivity index (χ0n) is 18.4. The molecule has 1 fully saturated rings. The molecule has 0 radical (unpaired) electrons. The summed E-state index contributed by atoms with van der Waals surface area (Å²) in [6, 6.07) is 8.71. The van der Waals surface area contributed by atoms with Crippen LogP contribution >= 0.6 is 0 Å². The minimum atomic E-state index is -0.514. The Balaban J connectivity index is 1.49. The number of hydrogen-bond acceptors (Lipinski definition) is 8. The molecule has 1 aliphatic heterocycles. The average Bonchev–Trinajstić information content (AvgIpc) is 3.23. The van der Waals surface area contributed by atoms with Crippen molar-refractivity contribution in [3.05, 3.63) is 36.5 Å². The van der Waals surface area contributed by atoms with Gasteiger partial charge >= 0.3 is 6.09 Å². The van der Waals surface area contributed by atoms with Crippen LogP contribution in [0.4, 0.5) is 10.6 Å². The number of carbonyl (C=O) groups excluding carboxylic acids is 1. The predicted octanol–water partition coefficient (Wildman–Crippen LogP) is 3.26. The molecule has 3 aromatic rings. The van der Waals surface area contributed by atoms with Crippen molar-refractivity contribution in [2.75, 3.05) is 18.8 Å². The number of nitrogens with two attached hydrogens (primary N) is 1. The van der Waals surface area contributed by atoms with E-state index in [0.29, 0.717) is 35.6 Å². The zero-order valence-corrected chi connectivity index (χ0v) is 18.4. The third-order valence-corrected chi connectivity index (χ3v) is 5.23. The molecule has 0 spiro atoms. The van der Waals surface area contributed by atoms with Gasteiger partial charge in [-0.15, -0.1) is 10.2 Å². The van der Waals surface area contributed by atoms with Gasteiger partial charge < -0.3 is 20.5 Å². The first-order chi connectivity index (χ1) is 15.2. The van der Waals surface area contributed by atoms with Gasteiger partial charge in [-0.3, -0.25) is 0 Å². The highest BCUT2D eigenvalue weighted by molar-refractivity contribution is 5.76. The molecule has 1 saturated heterocycles. The molecule has 1 aromatic carbocycles. The molecule has 32 heavy (non-hydrogen) atoms. The second-order valence-corrected chi connectivity index (χ2v) is 8.79. The Morgan fingerprint density at radius 2 is 1.84 bits per heavy atom. The van der Waals surface area contributed by atoms with Crippen molar-refractivity contribution in [1.82, 2.24) is 30.1 Å². The van der Waals surface area contributed by atoms with Crippen molar-refractivity contribution in [3.8, 4) is 28.3 Å². The molecule has 10 heteroatoms. The number of aromatic hydroxyl groups is 1. The predicted molar refractivity (Wildman–Crippen MR) is 119 cm³/mol. The third-order valence-electron chi connectivity index (χ3n) is 5.23. The summed E-state index contributed by atoms with van der Waals surface area (Å²) in [7, 11) is 0. The van der Waals surface area contributed by atoms with E-state index in [4.69, 9.17) is 10.5 Å². The number of phenolic OH excluding ortho intramolecular Hbond substituents is 1. The van der Waals surface area contributed by atoms with Crippen molar-refractivity contribution in [1.29, 1.82) is 0 Å². The van der Waals surface area contributed by atoms with Crippen LogP contribution in [0.5, 0.6) is 5.75 Å². The van der Waals surface area contributed by atoms with Gasteiger partial charge in [-0.1, -0.05) is 12.1 Å². The molecule has 0 saturated carbocycles. The maximum atomic E-state index is 12.3. The van der Waals surface area contributed by atoms with Gasteiger partial charge in [0.25, 0.3) is 0 Å². The number of phenols is 1. The Morgan fingerprint density at radius 1 is 1.12 bits per heavy atom. The van der Waals surface area contributed by atoms with Gasteiger partial charge in [0.1, 0.15) is 17.0 Å². The number of ether oxygens (including phenoxy) is 1. The number of likely N-dealkylation sites (tertiary alicyclic amines) is 1. The summed E-state index contributed by atoms with van der Waals surface area (Å²) in [6.45, 7) is 6.73. The van der Waals surface area contributed by atoms with Crippen LogP contribution < -0.4 is 5.73 Å². The van der Waals surface area contributed by atoms with Crippen molar-refractivity contribution >= 4 is 11.9 Å². The van der Waals surface area contributed by atoms with Gasteiger partial charge in [0.05, 0.1) is 17.9 Å². The van der Waals surface area contributed by atoms with E-state index in [1.807, 2.05) is 26.8 Å². The Kier molecular flexibility index (Phi) is 5.68. The number of amides is 1. The molecule has 3 N–H and O–H groups in total. The number of nitrogen functional groups attached to an aromatic ring is 1. The molecule has 4 rings (SSSR count). The second-order valence-electron chi connectivity index (χ2n) is 8.79. The molecule has 0 unspecified atom stereocenters. The molecule has 168 valence electrons. The lowest BCUT2D eigenvalue weighted by molar-refractivity contribution is 0.0180. The number of nitrogens with zero attached hydrogens (tertiary/aromatic N) is 6. The summed E-state index contributed by atoms with van der Waals surface area (Å²) in [4.78, 5) is 15.7.